The first kappa shape index (κ1) is 14.6. The summed E-state index contributed by atoms with van der Waals surface area (Å²) in [7, 11) is 0. The van der Waals surface area contributed by atoms with Gasteiger partial charge in [0.25, 0.3) is 0 Å². The number of rotatable bonds is 4. The summed E-state index contributed by atoms with van der Waals surface area (Å²) in [4.78, 5) is 6.96. The van der Waals surface area contributed by atoms with Gasteiger partial charge < -0.3 is 10.7 Å². The third kappa shape index (κ3) is 5.74. The average Bonchev–Trinajstić information content (AvgIpc) is 2.41. The molecule has 0 fully saturated rings. The zero-order chi connectivity index (χ0) is 7.23. The van der Waals surface area contributed by atoms with Gasteiger partial charge in [0, 0.05) is 11.9 Å². The molecule has 12 heavy (non-hydrogen) atoms. The molecule has 0 aliphatic carbocycles. The molecule has 1 heterocycles. The molecule has 0 aliphatic heterocycles. The number of H-pyrrole nitrogens is 1. The summed E-state index contributed by atoms with van der Waals surface area (Å²) in [5.41, 5.74) is 6.54. The fourth-order valence-electron chi connectivity index (χ4n) is 0.881. The third-order valence-electron chi connectivity index (χ3n) is 1.46. The molecule has 0 saturated carbocycles. The van der Waals surface area contributed by atoms with Gasteiger partial charge in [0.2, 0.25) is 0 Å². The largest absolute Gasteiger partial charge is 0.348 e. The van der Waals surface area contributed by atoms with E-state index in [1.54, 1.807) is 6.33 Å². The molecule has 0 spiro atoms. The number of nitrogens with zero attached hydrogens (tertiary/aromatic N) is 1. The van der Waals surface area contributed by atoms with Crippen LogP contribution in [0, 0.1) is 0 Å². The van der Waals surface area contributed by atoms with E-state index in [9.17, 15) is 0 Å². The van der Waals surface area contributed by atoms with Crippen molar-refractivity contribution in [3.05, 3.63) is 18.2 Å². The van der Waals surface area contributed by atoms with Crippen molar-refractivity contribution < 1.29 is 0 Å². The van der Waals surface area contributed by atoms with Gasteiger partial charge in [-0.3, -0.25) is 0 Å². The van der Waals surface area contributed by atoms with Gasteiger partial charge in [-0.05, 0) is 25.8 Å². The van der Waals surface area contributed by atoms with E-state index in [2.05, 4.69) is 9.97 Å². The fourth-order valence-corrected chi connectivity index (χ4v) is 0.881. The first-order valence-corrected chi connectivity index (χ1v) is 3.61. The maximum Gasteiger partial charge on any atom is 0.0921 e. The van der Waals surface area contributed by atoms with E-state index < -0.39 is 0 Å². The molecule has 0 unspecified atom stereocenters. The summed E-state index contributed by atoms with van der Waals surface area (Å²) in [6.45, 7) is 0.786. The van der Waals surface area contributed by atoms with Crippen molar-refractivity contribution in [2.24, 2.45) is 5.73 Å². The Morgan fingerprint density at radius 2 is 2.08 bits per heavy atom. The number of nitrogens with two attached hydrogens (primary N) is 1. The highest BCUT2D eigenvalue weighted by atomic mass is 79.9. The summed E-state index contributed by atoms with van der Waals surface area (Å²) < 4.78 is 0. The number of nitrogens with one attached hydrogen (secondary N) is 1. The maximum absolute atomic E-state index is 5.34. The molecule has 3 N–H and O–H groups in total. The van der Waals surface area contributed by atoms with Crippen molar-refractivity contribution >= 4 is 34.0 Å². The maximum atomic E-state index is 5.34. The van der Waals surface area contributed by atoms with Crippen LogP contribution in [-0.2, 0) is 6.42 Å². The summed E-state index contributed by atoms with van der Waals surface area (Å²) in [5.74, 6) is 0. The molecule has 1 aromatic heterocycles. The van der Waals surface area contributed by atoms with Crippen LogP contribution in [0.5, 0.6) is 0 Å². The van der Waals surface area contributed by atoms with Gasteiger partial charge >= 0.3 is 0 Å². The van der Waals surface area contributed by atoms with Crippen molar-refractivity contribution in [1.82, 2.24) is 9.97 Å². The highest BCUT2D eigenvalue weighted by Gasteiger charge is 1.91. The van der Waals surface area contributed by atoms with Gasteiger partial charge in [-0.2, -0.15) is 0 Å². The zero-order valence-corrected chi connectivity index (χ0v) is 10.3. The van der Waals surface area contributed by atoms with Gasteiger partial charge in [-0.1, -0.05) is 0 Å². The van der Waals surface area contributed by atoms with Gasteiger partial charge in [0.1, 0.15) is 0 Å². The molecule has 0 amide bonds. The number of hydrogen-bond donors (Lipinski definition) is 2. The highest BCUT2D eigenvalue weighted by Crippen LogP contribution is 1.98. The molecule has 0 radical (unpaired) electrons. The summed E-state index contributed by atoms with van der Waals surface area (Å²) in [5, 5.41) is 0. The SMILES string of the molecule is Br.Br.NCCCCc1cnc[nH]1. The third-order valence-corrected chi connectivity index (χ3v) is 1.46. The molecular formula is C7H15Br2N3. The summed E-state index contributed by atoms with van der Waals surface area (Å²) >= 11 is 0. The van der Waals surface area contributed by atoms with Crippen LogP contribution >= 0.6 is 34.0 Å². The highest BCUT2D eigenvalue weighted by molar-refractivity contribution is 8.93. The Labute approximate surface area is 93.7 Å². The molecular weight excluding hydrogens is 286 g/mol. The van der Waals surface area contributed by atoms with Crippen LogP contribution in [0.1, 0.15) is 18.5 Å². The molecule has 0 aliphatic rings. The minimum atomic E-state index is 0. The Bertz CT molecular complexity index is 165. The lowest BCUT2D eigenvalue weighted by atomic mass is 10.2. The van der Waals surface area contributed by atoms with Gasteiger partial charge in [-0.25, -0.2) is 4.98 Å². The standard InChI is InChI=1S/C7H13N3.2BrH/c8-4-2-1-3-7-5-9-6-10-7;;/h5-6H,1-4,8H2,(H,9,10);2*1H. The molecule has 0 aromatic carbocycles. The van der Waals surface area contributed by atoms with Crippen LogP contribution in [-0.4, -0.2) is 16.5 Å². The fraction of sp³-hybridized carbons (Fsp3) is 0.571. The number of hydrogen-bond acceptors (Lipinski definition) is 2. The Hall–Kier alpha value is 0.130. The zero-order valence-electron chi connectivity index (χ0n) is 6.82. The van der Waals surface area contributed by atoms with Gasteiger partial charge in [0.05, 0.1) is 6.33 Å². The first-order chi connectivity index (χ1) is 4.93. The lowest BCUT2D eigenvalue weighted by molar-refractivity contribution is 0.735. The second-order valence-electron chi connectivity index (χ2n) is 2.32. The molecule has 0 atom stereocenters. The molecule has 0 saturated heterocycles. The predicted molar refractivity (Wildman–Crippen MR) is 61.2 cm³/mol. The number of aromatic nitrogens is 2. The number of aromatic amines is 1. The van der Waals surface area contributed by atoms with E-state index in [4.69, 9.17) is 5.73 Å². The Morgan fingerprint density at radius 3 is 2.58 bits per heavy atom. The molecule has 72 valence electrons. The van der Waals surface area contributed by atoms with Crippen molar-refractivity contribution in [1.29, 1.82) is 0 Å². The van der Waals surface area contributed by atoms with E-state index in [0.717, 1.165) is 25.8 Å². The van der Waals surface area contributed by atoms with Crippen molar-refractivity contribution in [3.8, 4) is 0 Å². The topological polar surface area (TPSA) is 54.7 Å². The van der Waals surface area contributed by atoms with E-state index >= 15 is 0 Å². The lowest BCUT2D eigenvalue weighted by Crippen LogP contribution is -1.98. The normalized spacial score (nSPS) is 8.42. The van der Waals surface area contributed by atoms with Crippen LogP contribution in [0.3, 0.4) is 0 Å². The Kier molecular flexibility index (Phi) is 11.3. The molecule has 0 bridgehead atoms. The number of aryl methyl sites for hydroxylation is 1. The second kappa shape index (κ2) is 9.22. The molecule has 1 rings (SSSR count). The van der Waals surface area contributed by atoms with Crippen molar-refractivity contribution in [2.75, 3.05) is 6.54 Å². The van der Waals surface area contributed by atoms with Gasteiger partial charge in [-0.15, -0.1) is 34.0 Å². The first-order valence-electron chi connectivity index (χ1n) is 3.61. The van der Waals surface area contributed by atoms with Crippen LogP contribution in [0.15, 0.2) is 12.5 Å². The Balaban J connectivity index is 0. The summed E-state index contributed by atoms with van der Waals surface area (Å²) in [6, 6.07) is 0. The Morgan fingerprint density at radius 1 is 1.33 bits per heavy atom. The number of halogens is 2. The van der Waals surface area contributed by atoms with E-state index in [1.165, 1.54) is 5.69 Å². The van der Waals surface area contributed by atoms with Crippen LogP contribution in [0.25, 0.3) is 0 Å². The lowest BCUT2D eigenvalue weighted by Gasteiger charge is -1.93. The van der Waals surface area contributed by atoms with E-state index in [0.29, 0.717) is 0 Å². The van der Waals surface area contributed by atoms with Crippen molar-refractivity contribution in [2.45, 2.75) is 19.3 Å². The van der Waals surface area contributed by atoms with Crippen LogP contribution in [0.2, 0.25) is 0 Å². The quantitative estimate of drug-likeness (QED) is 0.834. The minimum absolute atomic E-state index is 0. The average molecular weight is 301 g/mol. The van der Waals surface area contributed by atoms with Crippen LogP contribution in [0.4, 0.5) is 0 Å². The van der Waals surface area contributed by atoms with E-state index in [1.807, 2.05) is 6.20 Å². The predicted octanol–water partition coefficient (Wildman–Crippen LogP) is 1.85. The van der Waals surface area contributed by atoms with E-state index in [-0.39, 0.29) is 34.0 Å². The smallest absolute Gasteiger partial charge is 0.0921 e. The molecule has 5 heteroatoms. The second-order valence-corrected chi connectivity index (χ2v) is 2.32. The summed E-state index contributed by atoms with van der Waals surface area (Å²) in [6.07, 6.45) is 6.88. The molecule has 3 nitrogen and oxygen atoms in total. The monoisotopic (exact) mass is 299 g/mol. The van der Waals surface area contributed by atoms with Gasteiger partial charge in [0.15, 0.2) is 0 Å². The number of unbranched alkanes of at least 4 members (excludes halogenated alkanes) is 1. The molecule has 1 aromatic rings. The van der Waals surface area contributed by atoms with Crippen molar-refractivity contribution in [3.63, 3.8) is 0 Å². The number of imidazole rings is 1. The van der Waals surface area contributed by atoms with Crippen LogP contribution < -0.4 is 5.73 Å². The minimum Gasteiger partial charge on any atom is -0.348 e.